The van der Waals surface area contributed by atoms with Gasteiger partial charge in [-0.25, -0.2) is 0 Å². The minimum atomic E-state index is -1.33. The van der Waals surface area contributed by atoms with E-state index in [0.29, 0.717) is 18.8 Å². The topological polar surface area (TPSA) is 74.6 Å². The normalized spacial score (nSPS) is 55.2. The van der Waals surface area contributed by atoms with Crippen LogP contribution in [0.5, 0.6) is 0 Å². The summed E-state index contributed by atoms with van der Waals surface area (Å²) in [6, 6.07) is 0. The number of hydrogen-bond acceptors (Lipinski definition) is 4. The van der Waals surface area contributed by atoms with Gasteiger partial charge in [0.1, 0.15) is 11.4 Å². The highest BCUT2D eigenvalue weighted by Gasteiger charge is 2.68. The summed E-state index contributed by atoms with van der Waals surface area (Å²) in [6.07, 6.45) is 6.07. The number of hydrogen-bond donors (Lipinski definition) is 2. The molecule has 4 heteroatoms. The highest BCUT2D eigenvalue weighted by molar-refractivity contribution is 5.90. The van der Waals surface area contributed by atoms with Crippen LogP contribution in [0.1, 0.15) is 72.1 Å². The van der Waals surface area contributed by atoms with E-state index in [1.807, 2.05) is 6.92 Å². The minimum Gasteiger partial charge on any atom is -0.393 e. The molecule has 0 amide bonds. The van der Waals surface area contributed by atoms with Crippen LogP contribution in [0.15, 0.2) is 0 Å². The van der Waals surface area contributed by atoms with Crippen LogP contribution in [-0.4, -0.2) is 33.5 Å². The van der Waals surface area contributed by atoms with E-state index in [4.69, 9.17) is 0 Å². The van der Waals surface area contributed by atoms with Crippen LogP contribution in [0.25, 0.3) is 0 Å². The van der Waals surface area contributed by atoms with Gasteiger partial charge in [0.25, 0.3) is 0 Å². The van der Waals surface area contributed by atoms with Crippen LogP contribution in [0, 0.1) is 34.5 Å². The Morgan fingerprint density at radius 3 is 2.52 bits per heavy atom. The zero-order chi connectivity index (χ0) is 18.2. The van der Waals surface area contributed by atoms with Crippen LogP contribution in [0.3, 0.4) is 0 Å². The molecule has 2 N–H and O–H groups in total. The molecule has 4 nitrogen and oxygen atoms in total. The molecule has 140 valence electrons. The van der Waals surface area contributed by atoms with Gasteiger partial charge in [-0.3, -0.25) is 9.59 Å². The second-order valence-corrected chi connectivity index (χ2v) is 9.97. The first-order chi connectivity index (χ1) is 11.6. The maximum atomic E-state index is 13.3. The Labute approximate surface area is 150 Å². The standard InChI is InChI=1S/C21H32O4/c1-12(22)21(25)9-7-16-15-5-4-13-10-14(23)6-8-19(13,2)18(15)17(24)11-20(16,21)3/h13-16,18,23,25H,4-11H2,1-3H3/t13-,14+,15+,16+,18-,19+,20+,21+/m1/s1. The lowest BCUT2D eigenvalue weighted by Gasteiger charge is -2.60. The average Bonchev–Trinajstić information content (AvgIpc) is 2.80. The Morgan fingerprint density at radius 2 is 1.84 bits per heavy atom. The van der Waals surface area contributed by atoms with Gasteiger partial charge in [-0.1, -0.05) is 13.8 Å². The molecular formula is C21H32O4. The van der Waals surface area contributed by atoms with E-state index in [-0.39, 0.29) is 40.8 Å². The molecule has 4 aliphatic carbocycles. The van der Waals surface area contributed by atoms with E-state index in [0.717, 1.165) is 38.5 Å². The zero-order valence-electron chi connectivity index (χ0n) is 15.8. The largest absolute Gasteiger partial charge is 0.393 e. The maximum Gasteiger partial charge on any atom is 0.161 e. The predicted octanol–water partition coefficient (Wildman–Crippen LogP) is 2.89. The summed E-state index contributed by atoms with van der Waals surface area (Å²) in [5.41, 5.74) is -1.95. The number of fused-ring (bicyclic) bond motifs is 5. The number of aliphatic hydroxyl groups excluding tert-OH is 1. The van der Waals surface area contributed by atoms with Crippen molar-refractivity contribution in [3.63, 3.8) is 0 Å². The second-order valence-electron chi connectivity index (χ2n) is 9.97. The van der Waals surface area contributed by atoms with Crippen LogP contribution in [0.4, 0.5) is 0 Å². The lowest BCUT2D eigenvalue weighted by Crippen LogP contribution is -2.61. The number of carbonyl (C=O) groups is 2. The Kier molecular flexibility index (Phi) is 3.81. The van der Waals surface area contributed by atoms with E-state index in [1.165, 1.54) is 6.92 Å². The van der Waals surface area contributed by atoms with Gasteiger partial charge in [0, 0.05) is 17.8 Å². The molecular weight excluding hydrogens is 316 g/mol. The van der Waals surface area contributed by atoms with Gasteiger partial charge in [0.15, 0.2) is 5.78 Å². The number of rotatable bonds is 1. The maximum absolute atomic E-state index is 13.3. The molecule has 0 spiro atoms. The fourth-order valence-electron chi connectivity index (χ4n) is 7.63. The first-order valence-corrected chi connectivity index (χ1v) is 10.1. The van der Waals surface area contributed by atoms with Crippen molar-refractivity contribution in [3.8, 4) is 0 Å². The molecule has 4 rings (SSSR count). The molecule has 4 saturated carbocycles. The molecule has 4 aliphatic rings. The molecule has 0 aliphatic heterocycles. The van der Waals surface area contributed by atoms with Gasteiger partial charge in [-0.15, -0.1) is 0 Å². The molecule has 0 unspecified atom stereocenters. The summed E-state index contributed by atoms with van der Waals surface area (Å²) < 4.78 is 0. The number of carbonyl (C=O) groups excluding carboxylic acids is 2. The van der Waals surface area contributed by atoms with Gasteiger partial charge < -0.3 is 10.2 Å². The van der Waals surface area contributed by atoms with Crippen molar-refractivity contribution in [1.29, 1.82) is 0 Å². The summed E-state index contributed by atoms with van der Waals surface area (Å²) in [5, 5.41) is 21.2. The monoisotopic (exact) mass is 348 g/mol. The average molecular weight is 348 g/mol. The van der Waals surface area contributed by atoms with Crippen LogP contribution in [0.2, 0.25) is 0 Å². The highest BCUT2D eigenvalue weighted by atomic mass is 16.3. The van der Waals surface area contributed by atoms with Gasteiger partial charge in [-0.05, 0) is 75.0 Å². The number of ketones is 2. The van der Waals surface area contributed by atoms with Crippen molar-refractivity contribution in [3.05, 3.63) is 0 Å². The van der Waals surface area contributed by atoms with Crippen molar-refractivity contribution in [2.24, 2.45) is 34.5 Å². The quantitative estimate of drug-likeness (QED) is 0.764. The molecule has 0 saturated heterocycles. The molecule has 8 atom stereocenters. The molecule has 0 aromatic heterocycles. The van der Waals surface area contributed by atoms with Gasteiger partial charge >= 0.3 is 0 Å². The summed E-state index contributed by atoms with van der Waals surface area (Å²) in [4.78, 5) is 25.6. The smallest absolute Gasteiger partial charge is 0.161 e. The van der Waals surface area contributed by atoms with Crippen molar-refractivity contribution in [2.75, 3.05) is 0 Å². The van der Waals surface area contributed by atoms with E-state index in [9.17, 15) is 19.8 Å². The third-order valence-corrected chi connectivity index (χ3v) is 9.06. The van der Waals surface area contributed by atoms with Gasteiger partial charge in [0.05, 0.1) is 6.10 Å². The number of aliphatic hydroxyl groups is 2. The van der Waals surface area contributed by atoms with E-state index in [2.05, 4.69) is 6.92 Å². The molecule has 4 fully saturated rings. The van der Waals surface area contributed by atoms with Crippen molar-refractivity contribution in [2.45, 2.75) is 83.8 Å². The molecule has 0 heterocycles. The minimum absolute atomic E-state index is 0.0164. The van der Waals surface area contributed by atoms with Gasteiger partial charge in [0.2, 0.25) is 0 Å². The molecule has 0 aromatic carbocycles. The lowest BCUT2D eigenvalue weighted by molar-refractivity contribution is -0.178. The predicted molar refractivity (Wildman–Crippen MR) is 93.8 cm³/mol. The molecule has 0 bridgehead atoms. The molecule has 25 heavy (non-hydrogen) atoms. The lowest BCUT2D eigenvalue weighted by atomic mass is 9.44. The Bertz CT molecular complexity index is 615. The van der Waals surface area contributed by atoms with Gasteiger partial charge in [-0.2, -0.15) is 0 Å². The third-order valence-electron chi connectivity index (χ3n) is 9.06. The van der Waals surface area contributed by atoms with E-state index in [1.54, 1.807) is 0 Å². The van der Waals surface area contributed by atoms with E-state index >= 15 is 0 Å². The fraction of sp³-hybridized carbons (Fsp3) is 0.905. The molecule has 0 radical (unpaired) electrons. The Morgan fingerprint density at radius 1 is 1.12 bits per heavy atom. The summed E-state index contributed by atoms with van der Waals surface area (Å²) in [5.74, 6) is 1.10. The number of Topliss-reactive ketones (excluding diaryl/α,β-unsaturated/α-hetero) is 2. The fourth-order valence-corrected chi connectivity index (χ4v) is 7.63. The van der Waals surface area contributed by atoms with Crippen LogP contribution in [-0.2, 0) is 9.59 Å². The molecule has 0 aromatic rings. The first-order valence-electron chi connectivity index (χ1n) is 10.1. The first kappa shape index (κ1) is 17.7. The Balaban J connectivity index is 1.71. The SMILES string of the molecule is CC(=O)[C@@]1(O)CC[C@H]2[C@@H]3CC[C@@H]4C[C@@H](O)CC[C@]4(C)[C@H]3C(=O)C[C@@]21C. The van der Waals surface area contributed by atoms with Crippen LogP contribution >= 0.6 is 0 Å². The summed E-state index contributed by atoms with van der Waals surface area (Å²) in [6.45, 7) is 5.73. The van der Waals surface area contributed by atoms with Crippen molar-refractivity contribution < 1.29 is 19.8 Å². The van der Waals surface area contributed by atoms with E-state index < -0.39 is 11.0 Å². The second kappa shape index (κ2) is 5.39. The zero-order valence-corrected chi connectivity index (χ0v) is 15.8. The van der Waals surface area contributed by atoms with Crippen molar-refractivity contribution >= 4 is 11.6 Å². The Hall–Kier alpha value is -0.740. The summed E-state index contributed by atoms with van der Waals surface area (Å²) >= 11 is 0. The third kappa shape index (κ3) is 2.13. The van der Waals surface area contributed by atoms with Crippen LogP contribution < -0.4 is 0 Å². The van der Waals surface area contributed by atoms with Crippen molar-refractivity contribution in [1.82, 2.24) is 0 Å². The summed E-state index contributed by atoms with van der Waals surface area (Å²) in [7, 11) is 0. The highest BCUT2D eigenvalue weighted by Crippen LogP contribution is 2.67.